The van der Waals surface area contributed by atoms with Crippen LogP contribution in [0, 0.1) is 44.2 Å². The highest BCUT2D eigenvalue weighted by atomic mass is 32.2. The lowest BCUT2D eigenvalue weighted by Crippen LogP contribution is -2.55. The minimum absolute atomic E-state index is 0.00478. The van der Waals surface area contributed by atoms with E-state index in [2.05, 4.69) is 60.2 Å². The largest absolute Gasteiger partial charge is 0.502 e. The normalized spacial score (nSPS) is 17.5. The van der Waals surface area contributed by atoms with E-state index in [1.807, 2.05) is 26.0 Å². The first-order chi connectivity index (χ1) is 62.5. The number of carbonyl (C=O) groups excluding carboxylic acids is 6. The van der Waals surface area contributed by atoms with Crippen molar-refractivity contribution in [3.8, 4) is 28.7 Å². The molecule has 7 aliphatic rings. The van der Waals surface area contributed by atoms with Gasteiger partial charge in [-0.1, -0.05) is 61.2 Å². The molecule has 7 aromatic carbocycles. The number of nitro groups is 3. The van der Waals surface area contributed by atoms with E-state index in [0.29, 0.717) is 82.1 Å². The number of methoxy groups -OCH3 is 5. The van der Waals surface area contributed by atoms with Gasteiger partial charge in [0.05, 0.1) is 106 Å². The molecular weight excluding hydrogens is 1750 g/mol. The van der Waals surface area contributed by atoms with Crippen LogP contribution < -0.4 is 45.1 Å². The highest BCUT2D eigenvalue weighted by Crippen LogP contribution is 2.46. The van der Waals surface area contributed by atoms with Gasteiger partial charge >= 0.3 is 40.9 Å². The Kier molecular flexibility index (Phi) is 32.4. The van der Waals surface area contributed by atoms with Gasteiger partial charge in [-0.25, -0.2) is 24.2 Å². The number of fused-ring (bicyclic) bond motifs is 5. The van der Waals surface area contributed by atoms with E-state index < -0.39 is 88.6 Å². The molecule has 0 bridgehead atoms. The number of hydrogen-bond donors (Lipinski definition) is 5. The number of amides is 2. The van der Waals surface area contributed by atoms with Crippen LogP contribution in [0.4, 0.5) is 45.9 Å². The maximum Gasteiger partial charge on any atom is 0.338 e. The van der Waals surface area contributed by atoms with Gasteiger partial charge in [0.15, 0.2) is 11.6 Å². The van der Waals surface area contributed by atoms with Crippen molar-refractivity contribution in [2.45, 2.75) is 150 Å². The van der Waals surface area contributed by atoms with E-state index in [-0.39, 0.29) is 124 Å². The number of aromatic nitrogens is 2. The third-order valence-electron chi connectivity index (χ3n) is 22.7. The SMILES string of the molecule is C=CCc1c(C(=O)OC)ccc([N+](=O)[O-])c1O.CC[C@@H]1C(=O)N(C)c2cnc(Nc3ccc(C(=O)NC4CCN(C)CC4)c4c3OC(COC)C4)nc2N1C1CCCC1.COC(=O)c1ccc(N)c2c1CC(COS(=O)(=O)c1ccc(C)cc1)O2.COC(=O)c1ccc([N+](=O)[O-])c2c1CC(CO)O2.COC(=O)c1ccc([N+](=O)[O-])c2c1CC(COS(=O)(=O)c1ccc(C)cc1)O2. The molecule has 0 radical (unpaired) electrons. The molecule has 1 saturated carbocycles. The number of nitrogens with zero attached hydrogens (tertiary/aromatic N) is 8. The topological polar surface area (TPSA) is 528 Å². The van der Waals surface area contributed by atoms with Crippen molar-refractivity contribution in [1.29, 1.82) is 0 Å². The van der Waals surface area contributed by atoms with Gasteiger partial charge in [0, 0.05) is 104 Å². The lowest BCUT2D eigenvalue weighted by Gasteiger charge is -2.43. The number of rotatable bonds is 26. The Balaban J connectivity index is 0.000000165. The molecule has 8 aromatic rings. The molecule has 40 nitrogen and oxygen atoms in total. The third-order valence-corrected chi connectivity index (χ3v) is 25.3. The summed E-state index contributed by atoms with van der Waals surface area (Å²) in [7, 11) is 2.57. The molecule has 131 heavy (non-hydrogen) atoms. The number of piperidine rings is 1. The molecule has 6 N–H and O–H groups in total. The molecule has 7 heterocycles. The Bertz CT molecular complexity index is 5890. The predicted octanol–water partition coefficient (Wildman–Crippen LogP) is 10.5. The second-order valence-corrected chi connectivity index (χ2v) is 34.5. The molecule has 698 valence electrons. The summed E-state index contributed by atoms with van der Waals surface area (Å²) in [5.74, 6) is -0.715. The first-order valence-electron chi connectivity index (χ1n) is 41.5. The average Bonchev–Trinajstić information content (AvgIpc) is 1.73. The van der Waals surface area contributed by atoms with E-state index in [9.17, 15) is 81.1 Å². The monoisotopic (exact) mass is 1850 g/mol. The summed E-state index contributed by atoms with van der Waals surface area (Å²) < 4.78 is 106. The van der Waals surface area contributed by atoms with Gasteiger partial charge in [-0.3, -0.25) is 48.3 Å². The Labute approximate surface area is 753 Å². The summed E-state index contributed by atoms with van der Waals surface area (Å²) in [5.41, 5.74) is 12.3. The van der Waals surface area contributed by atoms with Crippen molar-refractivity contribution >= 4 is 102 Å². The summed E-state index contributed by atoms with van der Waals surface area (Å²) in [6.45, 7) is 10.8. The molecular formula is C89H101N11O29S2. The van der Waals surface area contributed by atoms with Gasteiger partial charge < -0.3 is 83.9 Å². The standard InChI is InChI=1S/C31H43N7O4.C18H17NO8S.C18H19NO6S.C11H11NO6.C11H11NO5/c1-5-25-30(40)37(3)26-17-32-31(35-28(26)38(25)20-8-6-7-9-20)34-24-11-10-22(23-16-21(18-41-4)42-27(23)24)29(39)33-19-12-14-36(2)15-13-19;1-11-3-5-13(6-4-11)28(23,24)26-10-12-9-15-14(18(20)25-2)7-8-16(19(21)22)17(15)27-12;1-11-3-5-13(6-4-11)26(21,22)24-10-12-9-15-14(18(20)23-2)7-8-16(19)17(15)25-12;1-17-11(14)7-2-3-9(12(15)16)10-8(7)4-6(5-13)18-10;1-3-4-7-8(11(14)17-2)5-6-9(10(7)13)12(15)16/h10-11,17,19-21,25H,5-9,12-16,18H2,1-4H3,(H,33,39)(H,32,34,35);3-8,12H,9-10H2,1-2H3;3-8,12H,9-10,19H2,1-2H3;2-3,6,13H,4-5H2,1H3;3,5-6,13H,1,4H2,2H3/t21?,25-;;;;/m1..../s1. The Morgan fingerprint density at radius 3 is 1.50 bits per heavy atom. The van der Waals surface area contributed by atoms with Crippen LogP contribution in [-0.2, 0) is 89.2 Å². The minimum Gasteiger partial charge on any atom is -0.502 e. The van der Waals surface area contributed by atoms with Crippen molar-refractivity contribution in [3.63, 3.8) is 0 Å². The number of nitrogens with one attached hydrogen (secondary N) is 2. The highest BCUT2D eigenvalue weighted by molar-refractivity contribution is 7.87. The van der Waals surface area contributed by atoms with Crippen molar-refractivity contribution in [2.24, 2.45) is 0 Å². The number of likely N-dealkylation sites (N-methyl/N-ethyl adjacent to an activating group) is 1. The maximum atomic E-state index is 13.4. The molecule has 1 saturated heterocycles. The number of phenolic OH excluding ortho intramolecular Hbond substituents is 1. The lowest BCUT2D eigenvalue weighted by atomic mass is 9.99. The molecule has 2 fully saturated rings. The number of allylic oxidation sites excluding steroid dienone is 1. The number of nitro benzene ring substituents is 3. The number of phenols is 1. The Morgan fingerprint density at radius 2 is 1.02 bits per heavy atom. The molecule has 15 rings (SSSR count). The first-order valence-corrected chi connectivity index (χ1v) is 44.3. The van der Waals surface area contributed by atoms with Crippen molar-refractivity contribution in [3.05, 3.63) is 225 Å². The van der Waals surface area contributed by atoms with Crippen LogP contribution in [-0.4, -0.2) is 224 Å². The third kappa shape index (κ3) is 22.7. The van der Waals surface area contributed by atoms with Crippen LogP contribution in [0.3, 0.4) is 0 Å². The van der Waals surface area contributed by atoms with Crippen molar-refractivity contribution in [1.82, 2.24) is 20.2 Å². The zero-order chi connectivity index (χ0) is 95.0. The molecule has 2 amide bonds. The van der Waals surface area contributed by atoms with Gasteiger partial charge in [0.2, 0.25) is 23.4 Å². The highest BCUT2D eigenvalue weighted by Gasteiger charge is 2.44. The van der Waals surface area contributed by atoms with Gasteiger partial charge in [0.1, 0.15) is 60.9 Å². The number of hydrogen-bond acceptors (Lipinski definition) is 35. The van der Waals surface area contributed by atoms with Crippen LogP contribution in [0.2, 0.25) is 0 Å². The maximum absolute atomic E-state index is 13.4. The molecule has 1 aliphatic carbocycles. The van der Waals surface area contributed by atoms with E-state index >= 15 is 0 Å². The van der Waals surface area contributed by atoms with Crippen molar-refractivity contribution < 1.29 is 122 Å². The average molecular weight is 1850 g/mol. The van der Waals surface area contributed by atoms with E-state index in [0.717, 1.165) is 98.4 Å². The molecule has 4 unspecified atom stereocenters. The zero-order valence-electron chi connectivity index (χ0n) is 73.4. The van der Waals surface area contributed by atoms with Crippen molar-refractivity contribution in [2.75, 3.05) is 110 Å². The number of ether oxygens (including phenoxy) is 9. The summed E-state index contributed by atoms with van der Waals surface area (Å²) in [5, 5.41) is 58.1. The number of likely N-dealkylation sites (tertiary alicyclic amines) is 1. The second-order valence-electron chi connectivity index (χ2n) is 31.3. The zero-order valence-corrected chi connectivity index (χ0v) is 75.0. The van der Waals surface area contributed by atoms with Crippen LogP contribution in [0.25, 0.3) is 0 Å². The number of aliphatic hydroxyl groups excluding tert-OH is 1. The number of aromatic hydroxyl groups is 1. The number of nitrogen functional groups attached to an aromatic ring is 1. The summed E-state index contributed by atoms with van der Waals surface area (Å²) in [6.07, 6.45) is 9.43. The van der Waals surface area contributed by atoms with Gasteiger partial charge in [-0.2, -0.15) is 21.8 Å². The quantitative estimate of drug-likeness (QED) is 0.00639. The number of nitrogens with two attached hydrogens (primary N) is 1. The number of carbonyl (C=O) groups is 6. The molecule has 1 aromatic heterocycles. The van der Waals surface area contributed by atoms with Gasteiger partial charge in [-0.05, 0) is 139 Å². The smallest absolute Gasteiger partial charge is 0.338 e. The summed E-state index contributed by atoms with van der Waals surface area (Å²) >= 11 is 0. The molecule has 42 heteroatoms. The number of benzene rings is 7. The van der Waals surface area contributed by atoms with E-state index in [4.69, 9.17) is 52.6 Å². The fraction of sp³-hybridized carbons (Fsp3) is 0.393. The minimum atomic E-state index is -4.01. The molecule has 0 spiro atoms. The second kappa shape index (κ2) is 43.3. The van der Waals surface area contributed by atoms with E-state index in [1.54, 1.807) is 61.7 Å². The van der Waals surface area contributed by atoms with Crippen LogP contribution in [0.1, 0.15) is 143 Å². The number of aryl methyl sites for hydroxylation is 2. The van der Waals surface area contributed by atoms with Gasteiger partial charge in [-0.15, -0.1) is 6.58 Å². The van der Waals surface area contributed by atoms with Gasteiger partial charge in [0.25, 0.3) is 26.1 Å². The number of esters is 4. The summed E-state index contributed by atoms with van der Waals surface area (Å²) in [4.78, 5) is 120. The number of anilines is 5. The fourth-order valence-electron chi connectivity index (χ4n) is 15.9. The lowest BCUT2D eigenvalue weighted by molar-refractivity contribution is -0.386. The predicted molar refractivity (Wildman–Crippen MR) is 473 cm³/mol. The van der Waals surface area contributed by atoms with E-state index in [1.165, 1.54) is 83.0 Å². The Morgan fingerprint density at radius 1 is 0.588 bits per heavy atom. The fourth-order valence-corrected chi connectivity index (χ4v) is 17.8. The molecule has 5 atom stereocenters. The van der Waals surface area contributed by atoms with Crippen LogP contribution in [0.5, 0.6) is 28.7 Å². The van der Waals surface area contributed by atoms with Crippen LogP contribution >= 0.6 is 0 Å². The summed E-state index contributed by atoms with van der Waals surface area (Å²) in [6, 6.07) is 26.9. The number of aliphatic hydroxyl groups is 1. The molecule has 6 aliphatic heterocycles. The van der Waals surface area contributed by atoms with Crippen LogP contribution in [0.15, 0.2) is 138 Å². The first kappa shape index (κ1) is 98.1. The Hall–Kier alpha value is -13.5.